The van der Waals surface area contributed by atoms with E-state index in [1.807, 2.05) is 10.7 Å². The van der Waals surface area contributed by atoms with Crippen LogP contribution in [0, 0.1) is 0 Å². The van der Waals surface area contributed by atoms with E-state index >= 15 is 0 Å². The van der Waals surface area contributed by atoms with Gasteiger partial charge >= 0.3 is 0 Å². The van der Waals surface area contributed by atoms with E-state index in [-0.39, 0.29) is 30.7 Å². The molecule has 1 aliphatic rings. The smallest absolute Gasteiger partial charge is 0.260 e. The van der Waals surface area contributed by atoms with Crippen LogP contribution >= 0.6 is 24.8 Å². The summed E-state index contributed by atoms with van der Waals surface area (Å²) in [5.41, 5.74) is 1.31. The molecule has 0 bridgehead atoms. The first kappa shape index (κ1) is 19.2. The number of amides is 1. The minimum Gasteiger partial charge on any atom is -0.315 e. The van der Waals surface area contributed by atoms with Crippen molar-refractivity contribution in [2.45, 2.75) is 18.9 Å². The predicted octanol–water partition coefficient (Wildman–Crippen LogP) is 2.17. The van der Waals surface area contributed by atoms with Crippen LogP contribution < -0.4 is 10.6 Å². The minimum atomic E-state index is -0.217. The van der Waals surface area contributed by atoms with Crippen molar-refractivity contribution in [1.82, 2.24) is 30.3 Å². The average molecular weight is 384 g/mol. The summed E-state index contributed by atoms with van der Waals surface area (Å²) in [5, 5.41) is 18.3. The van der Waals surface area contributed by atoms with E-state index in [1.165, 1.54) is 0 Å². The summed E-state index contributed by atoms with van der Waals surface area (Å²) in [6, 6.07) is 2.12. The Balaban J connectivity index is 0.00000113. The lowest BCUT2D eigenvalue weighted by Crippen LogP contribution is -2.31. The summed E-state index contributed by atoms with van der Waals surface area (Å²) in [6.07, 6.45) is 8.93. The number of H-pyrrole nitrogens is 1. The Kier molecular flexibility index (Phi) is 6.35. The van der Waals surface area contributed by atoms with Crippen molar-refractivity contribution < 1.29 is 4.79 Å². The van der Waals surface area contributed by atoms with Gasteiger partial charge in [0.05, 0.1) is 29.5 Å². The number of rotatable bonds is 3. The molecule has 1 aliphatic heterocycles. The van der Waals surface area contributed by atoms with Gasteiger partial charge in [-0.15, -0.1) is 24.8 Å². The topological polar surface area (TPSA) is 101 Å². The van der Waals surface area contributed by atoms with Crippen molar-refractivity contribution in [1.29, 1.82) is 0 Å². The number of carbonyl (C=O) groups excluding carboxylic acids is 1. The molecule has 3 N–H and O–H groups in total. The summed E-state index contributed by atoms with van der Waals surface area (Å²) in [7, 11) is 0. The number of aromatic nitrogens is 5. The Morgan fingerprint density at radius 1 is 1.32 bits per heavy atom. The number of anilines is 1. The molecule has 1 unspecified atom stereocenters. The van der Waals surface area contributed by atoms with Crippen LogP contribution in [0.4, 0.5) is 5.82 Å². The van der Waals surface area contributed by atoms with Crippen molar-refractivity contribution in [3.8, 4) is 0 Å². The average Bonchev–Trinajstić information content (AvgIpc) is 3.24. The van der Waals surface area contributed by atoms with Gasteiger partial charge in [0, 0.05) is 24.3 Å². The Hall–Kier alpha value is -2.16. The lowest BCUT2D eigenvalue weighted by atomic mass is 10.1. The molecule has 4 heterocycles. The largest absolute Gasteiger partial charge is 0.315 e. The highest BCUT2D eigenvalue weighted by Gasteiger charge is 2.18. The van der Waals surface area contributed by atoms with E-state index in [1.54, 1.807) is 24.8 Å². The normalized spacial score (nSPS) is 16.7. The van der Waals surface area contributed by atoms with Gasteiger partial charge in [0.2, 0.25) is 0 Å². The number of aromatic amines is 1. The summed E-state index contributed by atoms with van der Waals surface area (Å²) in [5.74, 6) is 0.282. The summed E-state index contributed by atoms with van der Waals surface area (Å²) in [6.45, 7) is 1.94. The third-order valence-corrected chi connectivity index (χ3v) is 4.10. The molecule has 3 aromatic heterocycles. The highest BCUT2D eigenvalue weighted by Crippen LogP contribution is 2.20. The van der Waals surface area contributed by atoms with Gasteiger partial charge in [0.15, 0.2) is 5.82 Å². The molecule has 1 amide bonds. The molecule has 0 aromatic carbocycles. The van der Waals surface area contributed by atoms with Gasteiger partial charge in [-0.3, -0.25) is 19.6 Å². The molecule has 0 spiro atoms. The van der Waals surface area contributed by atoms with Gasteiger partial charge in [-0.25, -0.2) is 0 Å². The number of hydrogen-bond acceptors (Lipinski definition) is 5. The Morgan fingerprint density at radius 2 is 2.20 bits per heavy atom. The van der Waals surface area contributed by atoms with Gasteiger partial charge in [0.25, 0.3) is 5.91 Å². The number of nitrogens with one attached hydrogen (secondary N) is 3. The van der Waals surface area contributed by atoms with Gasteiger partial charge in [-0.05, 0) is 25.5 Å². The van der Waals surface area contributed by atoms with Crippen LogP contribution in [0.5, 0.6) is 0 Å². The molecule has 0 radical (unpaired) electrons. The van der Waals surface area contributed by atoms with Crippen molar-refractivity contribution in [2.75, 3.05) is 18.4 Å². The molecule has 1 fully saturated rings. The molecule has 1 saturated heterocycles. The third kappa shape index (κ3) is 3.92. The number of fused-ring (bicyclic) bond motifs is 1. The lowest BCUT2D eigenvalue weighted by Gasteiger charge is -2.22. The van der Waals surface area contributed by atoms with E-state index in [2.05, 4.69) is 30.9 Å². The van der Waals surface area contributed by atoms with Crippen LogP contribution in [-0.4, -0.2) is 44.0 Å². The number of pyridine rings is 1. The summed E-state index contributed by atoms with van der Waals surface area (Å²) in [4.78, 5) is 16.4. The molecule has 0 saturated carbocycles. The van der Waals surface area contributed by atoms with Crippen molar-refractivity contribution in [3.05, 3.63) is 36.4 Å². The number of hydrogen-bond donors (Lipinski definition) is 3. The van der Waals surface area contributed by atoms with E-state index in [9.17, 15) is 4.79 Å². The first-order valence-corrected chi connectivity index (χ1v) is 7.65. The molecule has 8 nitrogen and oxygen atoms in total. The van der Waals surface area contributed by atoms with Crippen LogP contribution in [0.3, 0.4) is 0 Å². The Morgan fingerprint density at radius 3 is 3.00 bits per heavy atom. The molecule has 25 heavy (non-hydrogen) atoms. The molecular formula is C15H19Cl2N7O. The van der Waals surface area contributed by atoms with Crippen molar-refractivity contribution >= 4 is 47.4 Å². The van der Waals surface area contributed by atoms with Gasteiger partial charge in [0.1, 0.15) is 0 Å². The highest BCUT2D eigenvalue weighted by molar-refractivity contribution is 6.07. The second-order valence-electron chi connectivity index (χ2n) is 5.66. The molecule has 0 aliphatic carbocycles. The summed E-state index contributed by atoms with van der Waals surface area (Å²) >= 11 is 0. The zero-order valence-corrected chi connectivity index (χ0v) is 14.9. The van der Waals surface area contributed by atoms with Gasteiger partial charge in [-0.1, -0.05) is 0 Å². The van der Waals surface area contributed by atoms with Crippen molar-refractivity contribution in [3.63, 3.8) is 0 Å². The number of nitrogens with zero attached hydrogens (tertiary/aromatic N) is 4. The van der Waals surface area contributed by atoms with Gasteiger partial charge < -0.3 is 10.6 Å². The van der Waals surface area contributed by atoms with E-state index in [0.717, 1.165) is 36.8 Å². The first-order valence-electron chi connectivity index (χ1n) is 7.65. The second-order valence-corrected chi connectivity index (χ2v) is 5.66. The predicted molar refractivity (Wildman–Crippen MR) is 99.7 cm³/mol. The second kappa shape index (κ2) is 8.28. The maximum Gasteiger partial charge on any atom is 0.260 e. The van der Waals surface area contributed by atoms with Crippen molar-refractivity contribution in [2.24, 2.45) is 0 Å². The van der Waals surface area contributed by atoms with Crippen LogP contribution in [0.1, 0.15) is 29.2 Å². The fraction of sp³-hybridized carbons (Fsp3) is 0.333. The molecular weight excluding hydrogens is 365 g/mol. The minimum absolute atomic E-state index is 0. The highest BCUT2D eigenvalue weighted by atomic mass is 35.5. The number of carbonyl (C=O) groups is 1. The van der Waals surface area contributed by atoms with Crippen LogP contribution in [0.2, 0.25) is 0 Å². The lowest BCUT2D eigenvalue weighted by molar-refractivity contribution is 0.102. The zero-order valence-electron chi connectivity index (χ0n) is 13.3. The third-order valence-electron chi connectivity index (χ3n) is 4.10. The van der Waals surface area contributed by atoms with E-state index < -0.39 is 0 Å². The fourth-order valence-corrected chi connectivity index (χ4v) is 2.86. The molecule has 1 atom stereocenters. The Labute approximate surface area is 156 Å². The number of halogens is 2. The quantitative estimate of drug-likeness (QED) is 0.643. The van der Waals surface area contributed by atoms with Gasteiger partial charge in [-0.2, -0.15) is 10.2 Å². The number of piperidine rings is 1. The Bertz CT molecular complexity index is 841. The summed E-state index contributed by atoms with van der Waals surface area (Å²) < 4.78 is 1.87. The monoisotopic (exact) mass is 383 g/mol. The van der Waals surface area contributed by atoms with Crippen LogP contribution in [0.15, 0.2) is 30.9 Å². The fourth-order valence-electron chi connectivity index (χ4n) is 2.86. The van der Waals surface area contributed by atoms with Crippen LogP contribution in [0.25, 0.3) is 10.9 Å². The van der Waals surface area contributed by atoms with E-state index in [4.69, 9.17) is 0 Å². The standard InChI is InChI=1S/C15H17N7O.2ClH/c23-15(19-14-12-3-5-17-8-13(12)20-21-14)10-6-18-22(9-10)11-2-1-4-16-7-11;;/h3,5-6,8-9,11,16H,1-2,4,7H2,(H2,19,20,21,23);2*1H. The molecule has 3 aromatic rings. The molecule has 134 valence electrons. The maximum atomic E-state index is 12.4. The SMILES string of the molecule is Cl.Cl.O=C(Nc1n[nH]c2cnccc12)c1cnn(C2CCCNC2)c1. The zero-order chi connectivity index (χ0) is 15.6. The maximum absolute atomic E-state index is 12.4. The first-order chi connectivity index (χ1) is 11.3. The molecule has 4 rings (SSSR count). The van der Waals surface area contributed by atoms with E-state index in [0.29, 0.717) is 17.4 Å². The molecule has 10 heteroatoms. The van der Waals surface area contributed by atoms with Crippen LogP contribution in [-0.2, 0) is 0 Å².